The van der Waals surface area contributed by atoms with E-state index in [2.05, 4.69) is 17.2 Å². The molecule has 0 saturated carbocycles. The number of nitrogens with zero attached hydrogens (tertiary/aromatic N) is 1. The molecule has 0 amide bonds. The van der Waals surface area contributed by atoms with Crippen molar-refractivity contribution in [3.05, 3.63) is 15.6 Å². The van der Waals surface area contributed by atoms with Crippen LogP contribution in [0, 0.1) is 0 Å². The zero-order chi connectivity index (χ0) is 13.2. The van der Waals surface area contributed by atoms with E-state index in [0.717, 1.165) is 49.8 Å². The van der Waals surface area contributed by atoms with Gasteiger partial charge in [-0.1, -0.05) is 6.92 Å². The van der Waals surface area contributed by atoms with Gasteiger partial charge >= 0.3 is 0 Å². The van der Waals surface area contributed by atoms with Crippen molar-refractivity contribution >= 4 is 11.3 Å². The van der Waals surface area contributed by atoms with Crippen LogP contribution in [0.5, 0.6) is 0 Å². The number of rotatable bonds is 10. The highest BCUT2D eigenvalue weighted by Crippen LogP contribution is 2.20. The molecule has 4 nitrogen and oxygen atoms in total. The maximum Gasteiger partial charge on any atom is 0.0955 e. The zero-order valence-electron chi connectivity index (χ0n) is 11.6. The van der Waals surface area contributed by atoms with Gasteiger partial charge in [-0.2, -0.15) is 0 Å². The van der Waals surface area contributed by atoms with Crippen LogP contribution >= 0.6 is 11.3 Å². The molecule has 0 aliphatic heterocycles. The third-order valence-electron chi connectivity index (χ3n) is 2.48. The van der Waals surface area contributed by atoms with Gasteiger partial charge in [0.25, 0.3) is 0 Å². The number of ether oxygens (including phenoxy) is 2. The fraction of sp³-hybridized carbons (Fsp3) is 0.769. The number of thiazole rings is 1. The quantitative estimate of drug-likeness (QED) is 0.664. The fourth-order valence-electron chi connectivity index (χ4n) is 1.61. The Labute approximate surface area is 114 Å². The van der Waals surface area contributed by atoms with E-state index in [1.54, 1.807) is 18.4 Å². The molecule has 0 aromatic carbocycles. The summed E-state index contributed by atoms with van der Waals surface area (Å²) >= 11 is 1.77. The molecule has 1 heterocycles. The lowest BCUT2D eigenvalue weighted by molar-refractivity contribution is 0.150. The van der Waals surface area contributed by atoms with Gasteiger partial charge in [-0.3, -0.25) is 0 Å². The van der Waals surface area contributed by atoms with Gasteiger partial charge in [0.05, 0.1) is 23.9 Å². The molecule has 18 heavy (non-hydrogen) atoms. The SMILES string of the molecule is CCCNCc1sc(CCOCC)nc1COC. The van der Waals surface area contributed by atoms with E-state index in [1.807, 2.05) is 6.92 Å². The second-order valence-electron chi connectivity index (χ2n) is 4.03. The third kappa shape index (κ3) is 5.44. The average Bonchev–Trinajstić information content (AvgIpc) is 2.73. The van der Waals surface area contributed by atoms with Crippen LogP contribution in [-0.2, 0) is 29.0 Å². The molecule has 0 aliphatic carbocycles. The van der Waals surface area contributed by atoms with Gasteiger partial charge in [0.1, 0.15) is 0 Å². The summed E-state index contributed by atoms with van der Waals surface area (Å²) in [5, 5.41) is 4.56. The first kappa shape index (κ1) is 15.6. The molecule has 1 rings (SSSR count). The van der Waals surface area contributed by atoms with Crippen molar-refractivity contribution in [2.24, 2.45) is 0 Å². The van der Waals surface area contributed by atoms with Crippen molar-refractivity contribution < 1.29 is 9.47 Å². The first-order valence-corrected chi connectivity index (χ1v) is 7.38. The summed E-state index contributed by atoms with van der Waals surface area (Å²) in [4.78, 5) is 5.91. The van der Waals surface area contributed by atoms with Crippen LogP contribution in [0.1, 0.15) is 35.8 Å². The Morgan fingerprint density at radius 2 is 2.17 bits per heavy atom. The molecule has 5 heteroatoms. The van der Waals surface area contributed by atoms with Gasteiger partial charge in [0.2, 0.25) is 0 Å². The van der Waals surface area contributed by atoms with Gasteiger partial charge in [-0.15, -0.1) is 11.3 Å². The Morgan fingerprint density at radius 3 is 2.83 bits per heavy atom. The van der Waals surface area contributed by atoms with Crippen LogP contribution in [0.25, 0.3) is 0 Å². The van der Waals surface area contributed by atoms with Gasteiger partial charge < -0.3 is 14.8 Å². The molecule has 0 unspecified atom stereocenters. The molecule has 1 N–H and O–H groups in total. The van der Waals surface area contributed by atoms with E-state index in [0.29, 0.717) is 6.61 Å². The maximum atomic E-state index is 5.36. The highest BCUT2D eigenvalue weighted by atomic mass is 32.1. The van der Waals surface area contributed by atoms with Crippen molar-refractivity contribution in [1.82, 2.24) is 10.3 Å². The Kier molecular flexibility index (Phi) is 8.17. The topological polar surface area (TPSA) is 43.4 Å². The lowest BCUT2D eigenvalue weighted by atomic mass is 10.3. The number of nitrogens with one attached hydrogen (secondary N) is 1. The number of hydrogen-bond acceptors (Lipinski definition) is 5. The Hall–Kier alpha value is -0.490. The monoisotopic (exact) mass is 272 g/mol. The predicted molar refractivity (Wildman–Crippen MR) is 75.0 cm³/mol. The summed E-state index contributed by atoms with van der Waals surface area (Å²) in [6.07, 6.45) is 2.04. The molecule has 1 aromatic heterocycles. The van der Waals surface area contributed by atoms with Crippen molar-refractivity contribution in [3.63, 3.8) is 0 Å². The van der Waals surface area contributed by atoms with E-state index in [4.69, 9.17) is 9.47 Å². The van der Waals surface area contributed by atoms with E-state index in [-0.39, 0.29) is 0 Å². The van der Waals surface area contributed by atoms with Crippen molar-refractivity contribution in [2.45, 2.75) is 39.8 Å². The van der Waals surface area contributed by atoms with Crippen LogP contribution in [0.3, 0.4) is 0 Å². The standard InChI is InChI=1S/C13H24N2O2S/c1-4-7-14-9-12-11(10-16-3)15-13(18-12)6-8-17-5-2/h14H,4-10H2,1-3H3. The van der Waals surface area contributed by atoms with Crippen LogP contribution in [-0.4, -0.2) is 31.9 Å². The number of methoxy groups -OCH3 is 1. The Balaban J connectivity index is 2.55. The normalized spacial score (nSPS) is 11.1. The third-order valence-corrected chi connectivity index (χ3v) is 3.64. The van der Waals surface area contributed by atoms with E-state index in [9.17, 15) is 0 Å². The van der Waals surface area contributed by atoms with Crippen molar-refractivity contribution in [2.75, 3.05) is 26.9 Å². The minimum Gasteiger partial charge on any atom is -0.381 e. The second-order valence-corrected chi connectivity index (χ2v) is 5.20. The van der Waals surface area contributed by atoms with Crippen molar-refractivity contribution in [3.8, 4) is 0 Å². The lowest BCUT2D eigenvalue weighted by Crippen LogP contribution is -2.14. The molecule has 0 fully saturated rings. The Bertz CT molecular complexity index is 329. The van der Waals surface area contributed by atoms with Gasteiger partial charge in [0.15, 0.2) is 0 Å². The highest BCUT2D eigenvalue weighted by molar-refractivity contribution is 7.11. The van der Waals surface area contributed by atoms with Gasteiger partial charge in [-0.25, -0.2) is 4.98 Å². The summed E-state index contributed by atoms with van der Waals surface area (Å²) in [6, 6.07) is 0. The number of aromatic nitrogens is 1. The molecule has 1 aromatic rings. The maximum absolute atomic E-state index is 5.36. The summed E-state index contributed by atoms with van der Waals surface area (Å²) in [6.45, 7) is 8.22. The molecule has 0 bridgehead atoms. The van der Waals surface area contributed by atoms with E-state index < -0.39 is 0 Å². The molecule has 0 saturated heterocycles. The van der Waals surface area contributed by atoms with Gasteiger partial charge in [-0.05, 0) is 19.9 Å². The zero-order valence-corrected chi connectivity index (χ0v) is 12.4. The molecule has 0 radical (unpaired) electrons. The smallest absolute Gasteiger partial charge is 0.0955 e. The van der Waals surface area contributed by atoms with Crippen LogP contribution in [0.4, 0.5) is 0 Å². The van der Waals surface area contributed by atoms with Crippen LogP contribution in [0.2, 0.25) is 0 Å². The molecule has 104 valence electrons. The minimum absolute atomic E-state index is 0.592. The van der Waals surface area contributed by atoms with Crippen LogP contribution < -0.4 is 5.32 Å². The van der Waals surface area contributed by atoms with Crippen LogP contribution in [0.15, 0.2) is 0 Å². The number of hydrogen-bond donors (Lipinski definition) is 1. The summed E-state index contributed by atoms with van der Waals surface area (Å²) < 4.78 is 10.6. The molecule has 0 aliphatic rings. The average molecular weight is 272 g/mol. The summed E-state index contributed by atoms with van der Waals surface area (Å²) in [5.74, 6) is 0. The minimum atomic E-state index is 0.592. The fourth-order valence-corrected chi connectivity index (χ4v) is 2.64. The second kappa shape index (κ2) is 9.44. The van der Waals surface area contributed by atoms with E-state index in [1.165, 1.54) is 4.88 Å². The van der Waals surface area contributed by atoms with Crippen molar-refractivity contribution in [1.29, 1.82) is 0 Å². The van der Waals surface area contributed by atoms with Gasteiger partial charge in [0, 0.05) is 31.6 Å². The molecular weight excluding hydrogens is 248 g/mol. The first-order chi connectivity index (χ1) is 8.81. The highest BCUT2D eigenvalue weighted by Gasteiger charge is 2.10. The molecular formula is C13H24N2O2S. The predicted octanol–water partition coefficient (Wildman–Crippen LogP) is 2.37. The molecule has 0 spiro atoms. The first-order valence-electron chi connectivity index (χ1n) is 6.56. The summed E-state index contributed by atoms with van der Waals surface area (Å²) in [7, 11) is 1.71. The van der Waals surface area contributed by atoms with E-state index >= 15 is 0 Å². The largest absolute Gasteiger partial charge is 0.381 e. The Morgan fingerprint density at radius 1 is 1.33 bits per heavy atom. The molecule has 0 atom stereocenters. The lowest BCUT2D eigenvalue weighted by Gasteiger charge is -2.02. The summed E-state index contributed by atoms with van der Waals surface area (Å²) in [5.41, 5.74) is 1.07.